The Labute approximate surface area is 236 Å². The summed E-state index contributed by atoms with van der Waals surface area (Å²) in [5.74, 6) is -0.109. The van der Waals surface area contributed by atoms with E-state index >= 15 is 0 Å². The molecule has 0 amide bonds. The zero-order valence-corrected chi connectivity index (χ0v) is 22.1. The summed E-state index contributed by atoms with van der Waals surface area (Å²) in [7, 11) is 0. The molecule has 0 fully saturated rings. The molecule has 11 heteroatoms. The van der Waals surface area contributed by atoms with Gasteiger partial charge in [-0.25, -0.2) is 0 Å². The zero-order valence-electron chi connectivity index (χ0n) is 20.1. The van der Waals surface area contributed by atoms with E-state index in [-0.39, 0.29) is 84.8 Å². The third-order valence-corrected chi connectivity index (χ3v) is 4.52. The van der Waals surface area contributed by atoms with Gasteiger partial charge in [0.1, 0.15) is 11.4 Å². The third-order valence-electron chi connectivity index (χ3n) is 4.52. The van der Waals surface area contributed by atoms with Gasteiger partial charge in [0.15, 0.2) is 5.75 Å². The van der Waals surface area contributed by atoms with E-state index in [1.54, 1.807) is 36.4 Å². The number of nitrogens with two attached hydrogens (primary N) is 1. The topological polar surface area (TPSA) is 139 Å². The number of nitrogens with zero attached hydrogens (tertiary/aromatic N) is 5. The van der Waals surface area contributed by atoms with Crippen LogP contribution in [0.5, 0.6) is 5.75 Å². The van der Waals surface area contributed by atoms with Crippen LogP contribution in [0.3, 0.4) is 0 Å². The molecule has 4 aromatic carbocycles. The van der Waals surface area contributed by atoms with E-state index in [1.165, 1.54) is 24.3 Å². The molecule has 0 atom stereocenters. The van der Waals surface area contributed by atoms with Gasteiger partial charge in [0, 0.05) is 12.1 Å². The molecule has 9 nitrogen and oxygen atoms in total. The van der Waals surface area contributed by atoms with E-state index < -0.39 is 4.92 Å². The van der Waals surface area contributed by atoms with E-state index in [4.69, 9.17) is 5.73 Å². The summed E-state index contributed by atoms with van der Waals surface area (Å²) in [5.41, 5.74) is 8.15. The van der Waals surface area contributed by atoms with Crippen molar-refractivity contribution in [3.8, 4) is 5.75 Å². The van der Waals surface area contributed by atoms with E-state index in [1.807, 2.05) is 18.2 Å². The van der Waals surface area contributed by atoms with Crippen LogP contribution in [0.2, 0.25) is 0 Å². The standard InChI is InChI=1S/C22H16N6O3.2Na.2H/c23-21-18(26-25-16-8-10-17(11-9-16)28(30)31)12-6-14-7-13-19(22(29)20(14)21)27-24-15-4-2-1-3-5-15;;;;/h1-13,29H,23H2;;;;/q;2*+1;2*-1. The number of rotatable bonds is 5. The van der Waals surface area contributed by atoms with Crippen LogP contribution in [0.25, 0.3) is 10.8 Å². The molecule has 4 aromatic rings. The number of benzene rings is 4. The Kier molecular flexibility index (Phi) is 9.66. The molecule has 3 N–H and O–H groups in total. The Bertz CT molecular complexity index is 1340. The van der Waals surface area contributed by atoms with Crippen LogP contribution in [0.15, 0.2) is 99.3 Å². The summed E-state index contributed by atoms with van der Waals surface area (Å²) >= 11 is 0. The molecule has 0 saturated carbocycles. The number of non-ortho nitro benzene ring substituents is 1. The molecule has 0 heterocycles. The van der Waals surface area contributed by atoms with Crippen molar-refractivity contribution < 1.29 is 72.0 Å². The Morgan fingerprint density at radius 3 is 1.91 bits per heavy atom. The molecule has 0 bridgehead atoms. The van der Waals surface area contributed by atoms with Crippen molar-refractivity contribution >= 4 is 44.9 Å². The number of nitrogen functional groups attached to an aromatic ring is 1. The predicted molar refractivity (Wildman–Crippen MR) is 120 cm³/mol. The van der Waals surface area contributed by atoms with Gasteiger partial charge in [0.25, 0.3) is 5.69 Å². The van der Waals surface area contributed by atoms with Gasteiger partial charge in [-0.05, 0) is 41.8 Å². The first-order valence-corrected chi connectivity index (χ1v) is 9.20. The number of phenolic OH excluding ortho intramolecular Hbond substituents is 1. The van der Waals surface area contributed by atoms with Crippen LogP contribution in [-0.4, -0.2) is 10.0 Å². The number of azo groups is 2. The summed E-state index contributed by atoms with van der Waals surface area (Å²) in [4.78, 5) is 10.3. The fourth-order valence-corrected chi connectivity index (χ4v) is 2.93. The SMILES string of the molecule is Nc1c(N=Nc2ccc([N+](=O)[O-])cc2)ccc2ccc(N=Nc3ccccc3)c(O)c12.[H-].[H-].[Na+].[Na+]. The molecular formula is C22H18N6Na2O3. The smallest absolute Gasteiger partial charge is 1.00 e. The molecule has 0 radical (unpaired) electrons. The second-order valence-electron chi connectivity index (χ2n) is 6.54. The van der Waals surface area contributed by atoms with Crippen molar-refractivity contribution in [1.82, 2.24) is 0 Å². The zero-order chi connectivity index (χ0) is 21.8. The molecule has 0 unspecified atom stereocenters. The third kappa shape index (κ3) is 6.23. The van der Waals surface area contributed by atoms with E-state index in [9.17, 15) is 15.2 Å². The predicted octanol–water partition coefficient (Wildman–Crippen LogP) is 1.10. The maximum atomic E-state index is 10.7. The summed E-state index contributed by atoms with van der Waals surface area (Å²) < 4.78 is 0. The van der Waals surface area contributed by atoms with Gasteiger partial charge in [-0.2, -0.15) is 10.2 Å². The van der Waals surface area contributed by atoms with Crippen molar-refractivity contribution in [1.29, 1.82) is 0 Å². The second kappa shape index (κ2) is 12.0. The van der Waals surface area contributed by atoms with Crippen molar-refractivity contribution in [2.24, 2.45) is 20.5 Å². The molecule has 0 aliphatic carbocycles. The number of fused-ring (bicyclic) bond motifs is 1. The maximum absolute atomic E-state index is 10.7. The van der Waals surface area contributed by atoms with Crippen molar-refractivity contribution in [2.45, 2.75) is 0 Å². The minimum absolute atomic E-state index is 0. The molecule has 4 rings (SSSR count). The molecule has 33 heavy (non-hydrogen) atoms. The quantitative estimate of drug-likeness (QED) is 0.151. The summed E-state index contributed by atoms with van der Waals surface area (Å²) in [6.45, 7) is 0. The van der Waals surface area contributed by atoms with E-state index in [0.29, 0.717) is 27.8 Å². The van der Waals surface area contributed by atoms with Gasteiger partial charge in [-0.15, -0.1) is 10.2 Å². The molecule has 0 aromatic heterocycles. The van der Waals surface area contributed by atoms with Crippen LogP contribution < -0.4 is 64.8 Å². The first kappa shape index (κ1) is 26.6. The van der Waals surface area contributed by atoms with Gasteiger partial charge >= 0.3 is 59.1 Å². The Balaban J connectivity index is 0.00000289. The van der Waals surface area contributed by atoms with Crippen LogP contribution in [0.1, 0.15) is 2.85 Å². The van der Waals surface area contributed by atoms with Crippen LogP contribution >= 0.6 is 0 Å². The van der Waals surface area contributed by atoms with Gasteiger partial charge < -0.3 is 13.7 Å². The van der Waals surface area contributed by atoms with Gasteiger partial charge in [-0.1, -0.05) is 30.3 Å². The fourth-order valence-electron chi connectivity index (χ4n) is 2.93. The van der Waals surface area contributed by atoms with Crippen LogP contribution in [-0.2, 0) is 0 Å². The van der Waals surface area contributed by atoms with Crippen molar-refractivity contribution in [3.63, 3.8) is 0 Å². The maximum Gasteiger partial charge on any atom is 1.00 e. The van der Waals surface area contributed by atoms with Crippen molar-refractivity contribution in [2.75, 3.05) is 5.73 Å². The van der Waals surface area contributed by atoms with Crippen LogP contribution in [0.4, 0.5) is 34.1 Å². The first-order valence-electron chi connectivity index (χ1n) is 9.20. The Morgan fingerprint density at radius 2 is 1.30 bits per heavy atom. The Hall–Kier alpha value is -2.66. The number of phenols is 1. The average Bonchev–Trinajstić information content (AvgIpc) is 2.79. The monoisotopic (exact) mass is 460 g/mol. The van der Waals surface area contributed by atoms with Crippen LogP contribution in [0, 0.1) is 10.1 Å². The number of aromatic hydroxyl groups is 1. The number of anilines is 1. The summed E-state index contributed by atoms with van der Waals surface area (Å²) in [5, 5.41) is 39.0. The van der Waals surface area contributed by atoms with E-state index in [2.05, 4.69) is 20.5 Å². The molecule has 156 valence electrons. The summed E-state index contributed by atoms with van der Waals surface area (Å²) in [6.07, 6.45) is 0. The minimum atomic E-state index is -0.488. The first-order chi connectivity index (χ1) is 15.0. The molecule has 0 spiro atoms. The number of nitro benzene ring substituents is 1. The minimum Gasteiger partial charge on any atom is -1.00 e. The van der Waals surface area contributed by atoms with Gasteiger partial charge in [-0.3, -0.25) is 10.1 Å². The number of hydrogen-bond acceptors (Lipinski definition) is 8. The summed E-state index contributed by atoms with van der Waals surface area (Å²) in [6, 6.07) is 21.7. The number of hydrogen-bond donors (Lipinski definition) is 2. The van der Waals surface area contributed by atoms with E-state index in [0.717, 1.165) is 0 Å². The van der Waals surface area contributed by atoms with Gasteiger partial charge in [0.05, 0.1) is 27.4 Å². The molecule has 0 aliphatic heterocycles. The largest absolute Gasteiger partial charge is 1.00 e. The molecule has 0 saturated heterocycles. The van der Waals surface area contributed by atoms with Gasteiger partial charge in [0.2, 0.25) is 0 Å². The fraction of sp³-hybridized carbons (Fsp3) is 0. The molecule has 0 aliphatic rings. The second-order valence-corrected chi connectivity index (χ2v) is 6.54. The molecular weight excluding hydrogens is 442 g/mol. The normalized spacial score (nSPS) is 10.8. The average molecular weight is 460 g/mol. The van der Waals surface area contributed by atoms with Crippen molar-refractivity contribution in [3.05, 3.63) is 89.0 Å². The Morgan fingerprint density at radius 1 is 0.758 bits per heavy atom. The number of nitro groups is 1.